The summed E-state index contributed by atoms with van der Waals surface area (Å²) in [6, 6.07) is 17.1. The fourth-order valence-corrected chi connectivity index (χ4v) is 4.77. The number of benzene rings is 3. The van der Waals surface area contributed by atoms with Crippen molar-refractivity contribution in [2.45, 2.75) is 31.6 Å². The van der Waals surface area contributed by atoms with Crippen molar-refractivity contribution >= 4 is 45.6 Å². The van der Waals surface area contributed by atoms with E-state index in [2.05, 4.69) is 12.2 Å². The number of anilines is 1. The summed E-state index contributed by atoms with van der Waals surface area (Å²) < 4.78 is 11.5. The first-order chi connectivity index (χ1) is 15.0. The Hall–Kier alpha value is -2.27. The van der Waals surface area contributed by atoms with Gasteiger partial charge in [-0.15, -0.1) is 0 Å². The van der Waals surface area contributed by atoms with E-state index in [1.807, 2.05) is 42.5 Å². The largest absolute Gasteiger partial charge is 0.493 e. The summed E-state index contributed by atoms with van der Waals surface area (Å²) in [5, 5.41) is 6.13. The fourth-order valence-electron chi connectivity index (χ4n) is 4.18. The molecule has 1 aliphatic heterocycles. The molecule has 0 spiro atoms. The van der Waals surface area contributed by atoms with Gasteiger partial charge in [-0.1, -0.05) is 60.5 Å². The lowest BCUT2D eigenvalue weighted by atomic mass is 9.73. The quantitative estimate of drug-likeness (QED) is 0.452. The third-order valence-electron chi connectivity index (χ3n) is 5.82. The van der Waals surface area contributed by atoms with Crippen molar-refractivity contribution in [3.05, 3.63) is 70.2 Å². The average molecular weight is 458 g/mol. The zero-order chi connectivity index (χ0) is 21.8. The van der Waals surface area contributed by atoms with Crippen molar-refractivity contribution in [3.8, 4) is 5.75 Å². The number of rotatable bonds is 6. The van der Waals surface area contributed by atoms with Crippen LogP contribution in [0.2, 0.25) is 10.0 Å². The Bertz CT molecular complexity index is 1090. The van der Waals surface area contributed by atoms with E-state index in [1.54, 1.807) is 12.1 Å². The molecule has 6 heteroatoms. The number of hydrogen-bond donors (Lipinski definition) is 1. The minimum absolute atomic E-state index is 0.0904. The first-order valence-corrected chi connectivity index (χ1v) is 11.3. The summed E-state index contributed by atoms with van der Waals surface area (Å²) in [5.74, 6) is 0.726. The molecule has 0 radical (unpaired) electrons. The molecule has 3 aromatic carbocycles. The van der Waals surface area contributed by atoms with Gasteiger partial charge in [0.25, 0.3) is 0 Å². The van der Waals surface area contributed by atoms with Crippen LogP contribution in [0.3, 0.4) is 0 Å². The number of carbonyl (C=O) groups excluding carboxylic acids is 1. The van der Waals surface area contributed by atoms with Crippen LogP contribution in [-0.4, -0.2) is 25.7 Å². The first kappa shape index (κ1) is 21.9. The Balaban J connectivity index is 1.72. The fraction of sp³-hybridized carbons (Fsp3) is 0.320. The van der Waals surface area contributed by atoms with Crippen molar-refractivity contribution in [2.75, 3.05) is 25.1 Å². The molecule has 1 saturated heterocycles. The van der Waals surface area contributed by atoms with Crippen molar-refractivity contribution < 1.29 is 14.3 Å². The molecule has 0 aliphatic carbocycles. The molecule has 1 heterocycles. The van der Waals surface area contributed by atoms with Crippen LogP contribution in [0, 0.1) is 0 Å². The van der Waals surface area contributed by atoms with Gasteiger partial charge in [0.15, 0.2) is 0 Å². The molecule has 0 aromatic heterocycles. The van der Waals surface area contributed by atoms with E-state index in [1.165, 1.54) is 0 Å². The minimum atomic E-state index is -0.779. The molecule has 1 N–H and O–H groups in total. The van der Waals surface area contributed by atoms with E-state index < -0.39 is 5.41 Å². The van der Waals surface area contributed by atoms with Crippen LogP contribution in [0.15, 0.2) is 54.6 Å². The van der Waals surface area contributed by atoms with Gasteiger partial charge in [-0.25, -0.2) is 0 Å². The van der Waals surface area contributed by atoms with E-state index in [4.69, 9.17) is 32.7 Å². The molecule has 4 nitrogen and oxygen atoms in total. The van der Waals surface area contributed by atoms with Crippen molar-refractivity contribution in [2.24, 2.45) is 0 Å². The maximum atomic E-state index is 13.7. The third kappa shape index (κ3) is 4.38. The van der Waals surface area contributed by atoms with Gasteiger partial charge in [0.2, 0.25) is 5.91 Å². The van der Waals surface area contributed by atoms with Gasteiger partial charge >= 0.3 is 0 Å². The molecular formula is C25H25Cl2NO3. The molecule has 3 aromatic rings. The highest BCUT2D eigenvalue weighted by Gasteiger charge is 2.43. The van der Waals surface area contributed by atoms with Crippen LogP contribution in [0.4, 0.5) is 5.69 Å². The first-order valence-electron chi connectivity index (χ1n) is 10.5. The predicted octanol–water partition coefficient (Wildman–Crippen LogP) is 6.62. The Morgan fingerprint density at radius 1 is 1.06 bits per heavy atom. The summed E-state index contributed by atoms with van der Waals surface area (Å²) in [5.41, 5.74) is 0.755. The van der Waals surface area contributed by atoms with Crippen LogP contribution in [0.1, 0.15) is 31.7 Å². The SMILES string of the molecule is CCCOc1ccc(NC(=O)C2(c3ccc(Cl)cc3Cl)CCOCC2)c2ccccc12. The van der Waals surface area contributed by atoms with E-state index >= 15 is 0 Å². The molecule has 0 atom stereocenters. The highest BCUT2D eigenvalue weighted by atomic mass is 35.5. The molecule has 1 aliphatic rings. The Morgan fingerprint density at radius 2 is 1.81 bits per heavy atom. The van der Waals surface area contributed by atoms with Crippen LogP contribution in [0.5, 0.6) is 5.75 Å². The highest BCUT2D eigenvalue weighted by molar-refractivity contribution is 6.35. The van der Waals surface area contributed by atoms with Gasteiger partial charge in [0, 0.05) is 39.7 Å². The summed E-state index contributed by atoms with van der Waals surface area (Å²) in [6.07, 6.45) is 2.03. The second-order valence-electron chi connectivity index (χ2n) is 7.78. The lowest BCUT2D eigenvalue weighted by Crippen LogP contribution is -2.45. The standard InChI is InChI=1S/C25H25Cl2NO3/c1-2-13-31-23-10-9-22(18-5-3-4-6-19(18)23)28-24(29)25(11-14-30-15-12-25)20-8-7-17(26)16-21(20)27/h3-10,16H,2,11-15H2,1H3,(H,28,29). The molecule has 162 valence electrons. The zero-order valence-electron chi connectivity index (χ0n) is 17.4. The van der Waals surface area contributed by atoms with Gasteiger partial charge in [-0.05, 0) is 49.1 Å². The topological polar surface area (TPSA) is 47.6 Å². The lowest BCUT2D eigenvalue weighted by molar-refractivity contribution is -0.125. The molecule has 1 amide bonds. The molecular weight excluding hydrogens is 433 g/mol. The van der Waals surface area contributed by atoms with Crippen LogP contribution >= 0.6 is 23.2 Å². The second kappa shape index (κ2) is 9.47. The molecule has 0 saturated carbocycles. The summed E-state index contributed by atoms with van der Waals surface area (Å²) in [6.45, 7) is 3.72. The van der Waals surface area contributed by atoms with Crippen LogP contribution in [0.25, 0.3) is 10.8 Å². The second-order valence-corrected chi connectivity index (χ2v) is 8.62. The van der Waals surface area contributed by atoms with Crippen LogP contribution in [-0.2, 0) is 14.9 Å². The molecule has 0 bridgehead atoms. The lowest BCUT2D eigenvalue weighted by Gasteiger charge is -2.37. The van der Waals surface area contributed by atoms with Crippen molar-refractivity contribution in [1.82, 2.24) is 0 Å². The monoisotopic (exact) mass is 457 g/mol. The zero-order valence-corrected chi connectivity index (χ0v) is 18.9. The van der Waals surface area contributed by atoms with Gasteiger partial charge in [0.1, 0.15) is 5.75 Å². The Kier molecular flexibility index (Phi) is 6.71. The van der Waals surface area contributed by atoms with Crippen molar-refractivity contribution in [1.29, 1.82) is 0 Å². The molecule has 0 unspecified atom stereocenters. The number of carbonyl (C=O) groups is 1. The summed E-state index contributed by atoms with van der Waals surface area (Å²) in [4.78, 5) is 13.7. The van der Waals surface area contributed by atoms with E-state index in [-0.39, 0.29) is 5.91 Å². The number of hydrogen-bond acceptors (Lipinski definition) is 3. The number of ether oxygens (including phenoxy) is 2. The van der Waals surface area contributed by atoms with Gasteiger partial charge in [-0.2, -0.15) is 0 Å². The van der Waals surface area contributed by atoms with Crippen LogP contribution < -0.4 is 10.1 Å². The highest BCUT2D eigenvalue weighted by Crippen LogP contribution is 2.41. The number of halogens is 2. The molecule has 4 rings (SSSR count). The number of nitrogens with one attached hydrogen (secondary N) is 1. The third-order valence-corrected chi connectivity index (χ3v) is 6.37. The maximum Gasteiger partial charge on any atom is 0.235 e. The van der Waals surface area contributed by atoms with Gasteiger partial charge in [0.05, 0.1) is 12.0 Å². The van der Waals surface area contributed by atoms with E-state index in [0.717, 1.165) is 34.2 Å². The smallest absolute Gasteiger partial charge is 0.235 e. The average Bonchev–Trinajstić information content (AvgIpc) is 2.79. The summed E-state index contributed by atoms with van der Waals surface area (Å²) >= 11 is 12.6. The number of amides is 1. The predicted molar refractivity (Wildman–Crippen MR) is 127 cm³/mol. The van der Waals surface area contributed by atoms with E-state index in [0.29, 0.717) is 42.7 Å². The minimum Gasteiger partial charge on any atom is -0.493 e. The molecule has 31 heavy (non-hydrogen) atoms. The molecule has 1 fully saturated rings. The van der Waals surface area contributed by atoms with Gasteiger partial charge < -0.3 is 14.8 Å². The van der Waals surface area contributed by atoms with Gasteiger partial charge in [-0.3, -0.25) is 4.79 Å². The van der Waals surface area contributed by atoms with E-state index in [9.17, 15) is 4.79 Å². The maximum absolute atomic E-state index is 13.7. The normalized spacial score (nSPS) is 15.6. The Labute approximate surface area is 192 Å². The van der Waals surface area contributed by atoms with Crippen molar-refractivity contribution in [3.63, 3.8) is 0 Å². The Morgan fingerprint density at radius 3 is 2.52 bits per heavy atom. The number of fused-ring (bicyclic) bond motifs is 1. The summed E-state index contributed by atoms with van der Waals surface area (Å²) in [7, 11) is 0.